The molecule has 0 bridgehead atoms. The van der Waals surface area contributed by atoms with Crippen molar-refractivity contribution in [3.63, 3.8) is 0 Å². The number of benzene rings is 1. The van der Waals surface area contributed by atoms with Crippen molar-refractivity contribution in [1.29, 1.82) is 0 Å². The minimum Gasteiger partial charge on any atom is -0.390 e. The Morgan fingerprint density at radius 2 is 1.84 bits per heavy atom. The molecule has 3 N–H and O–H groups in total. The van der Waals surface area contributed by atoms with Crippen LogP contribution in [0.2, 0.25) is 0 Å². The van der Waals surface area contributed by atoms with E-state index in [1.165, 1.54) is 22.5 Å². The monoisotopic (exact) mass is 531 g/mol. The molecule has 5 rings (SSSR count). The highest BCUT2D eigenvalue weighted by atomic mass is 32.2. The van der Waals surface area contributed by atoms with Gasteiger partial charge in [0.05, 0.1) is 22.6 Å². The SMILES string of the molecule is Cc1c(-c2ccc(S(=O)(=O)N3CC[C@@H](Nc4ccc(C(F)(F)F)cn4)[C@@H](O)C3)cc2)cnc2[nH]ccc12. The highest BCUT2D eigenvalue weighted by Crippen LogP contribution is 2.31. The number of sulfonamides is 1. The van der Waals surface area contributed by atoms with Crippen molar-refractivity contribution in [1.82, 2.24) is 19.3 Å². The van der Waals surface area contributed by atoms with Gasteiger partial charge in [0.1, 0.15) is 11.5 Å². The van der Waals surface area contributed by atoms with Gasteiger partial charge in [-0.05, 0) is 54.8 Å². The molecule has 4 aromatic rings. The van der Waals surface area contributed by atoms with Crippen molar-refractivity contribution in [2.45, 2.75) is 36.6 Å². The van der Waals surface area contributed by atoms with Crippen molar-refractivity contribution in [2.24, 2.45) is 0 Å². The summed E-state index contributed by atoms with van der Waals surface area (Å²) in [6, 6.07) is 10.0. The molecule has 0 aliphatic carbocycles. The van der Waals surface area contributed by atoms with Gasteiger partial charge in [0, 0.05) is 42.6 Å². The van der Waals surface area contributed by atoms with E-state index in [1.807, 2.05) is 19.2 Å². The van der Waals surface area contributed by atoms with Crippen molar-refractivity contribution >= 4 is 26.9 Å². The van der Waals surface area contributed by atoms with Crippen molar-refractivity contribution in [3.8, 4) is 11.1 Å². The highest BCUT2D eigenvalue weighted by Gasteiger charge is 2.35. The predicted molar refractivity (Wildman–Crippen MR) is 132 cm³/mol. The van der Waals surface area contributed by atoms with Crippen LogP contribution in [0.4, 0.5) is 19.0 Å². The van der Waals surface area contributed by atoms with E-state index >= 15 is 0 Å². The number of H-pyrrole nitrogens is 1. The van der Waals surface area contributed by atoms with E-state index in [1.54, 1.807) is 18.3 Å². The largest absolute Gasteiger partial charge is 0.417 e. The van der Waals surface area contributed by atoms with Gasteiger partial charge in [0.15, 0.2) is 0 Å². The lowest BCUT2D eigenvalue weighted by molar-refractivity contribution is -0.137. The molecule has 12 heteroatoms. The Hall–Kier alpha value is -3.48. The summed E-state index contributed by atoms with van der Waals surface area (Å²) in [6.45, 7) is 1.96. The molecule has 1 fully saturated rings. The average molecular weight is 532 g/mol. The predicted octanol–water partition coefficient (Wildman–Crippen LogP) is 4.19. The molecule has 0 radical (unpaired) electrons. The molecule has 37 heavy (non-hydrogen) atoms. The molecule has 0 unspecified atom stereocenters. The van der Waals surface area contributed by atoms with Crippen LogP contribution in [0.15, 0.2) is 66.0 Å². The number of hydrogen-bond acceptors (Lipinski definition) is 6. The second kappa shape index (κ2) is 9.43. The third kappa shape index (κ3) is 4.91. The van der Waals surface area contributed by atoms with E-state index < -0.39 is 33.9 Å². The number of aromatic nitrogens is 3. The molecule has 4 heterocycles. The van der Waals surface area contributed by atoms with E-state index in [4.69, 9.17) is 0 Å². The van der Waals surface area contributed by atoms with Gasteiger partial charge in [0.2, 0.25) is 10.0 Å². The maximum atomic E-state index is 13.2. The van der Waals surface area contributed by atoms with Crippen LogP contribution in [0.1, 0.15) is 17.5 Å². The second-order valence-corrected chi connectivity index (χ2v) is 10.9. The minimum absolute atomic E-state index is 0.104. The number of nitrogens with zero attached hydrogens (tertiary/aromatic N) is 3. The first-order valence-electron chi connectivity index (χ1n) is 11.5. The number of aryl methyl sites for hydroxylation is 1. The lowest BCUT2D eigenvalue weighted by Gasteiger charge is -2.35. The zero-order valence-electron chi connectivity index (χ0n) is 19.7. The summed E-state index contributed by atoms with van der Waals surface area (Å²) >= 11 is 0. The Bertz CT molecular complexity index is 1520. The van der Waals surface area contributed by atoms with E-state index in [0.717, 1.165) is 33.8 Å². The summed E-state index contributed by atoms with van der Waals surface area (Å²) in [5.41, 5.74) is 2.67. The summed E-state index contributed by atoms with van der Waals surface area (Å²) in [5.74, 6) is 0.173. The van der Waals surface area contributed by atoms with Crippen molar-refractivity contribution in [2.75, 3.05) is 18.4 Å². The second-order valence-electron chi connectivity index (χ2n) is 8.96. The van der Waals surface area contributed by atoms with Gasteiger partial charge in [-0.1, -0.05) is 12.1 Å². The first-order valence-corrected chi connectivity index (χ1v) is 13.0. The average Bonchev–Trinajstić information content (AvgIpc) is 3.35. The maximum absolute atomic E-state index is 13.2. The van der Waals surface area contributed by atoms with Crippen LogP contribution in [0.3, 0.4) is 0 Å². The third-order valence-corrected chi connectivity index (χ3v) is 8.51. The van der Waals surface area contributed by atoms with Gasteiger partial charge in [-0.25, -0.2) is 18.4 Å². The van der Waals surface area contributed by atoms with Crippen LogP contribution in [-0.4, -0.2) is 58.0 Å². The minimum atomic E-state index is -4.49. The number of β-amino-alcohol motifs (C(OH)–C–C–N with tert-alkyl or cyclic N) is 1. The fourth-order valence-corrected chi connectivity index (χ4v) is 5.99. The molecular formula is C25H24F3N5O3S. The molecule has 1 aliphatic rings. The zero-order chi connectivity index (χ0) is 26.4. The summed E-state index contributed by atoms with van der Waals surface area (Å²) in [5, 5.41) is 14.5. The number of piperidine rings is 1. The molecule has 194 valence electrons. The molecule has 0 amide bonds. The number of pyridine rings is 2. The van der Waals surface area contributed by atoms with Crippen LogP contribution < -0.4 is 5.32 Å². The lowest BCUT2D eigenvalue weighted by Crippen LogP contribution is -2.51. The summed E-state index contributed by atoms with van der Waals surface area (Å²) in [4.78, 5) is 11.3. The molecule has 1 saturated heterocycles. The fraction of sp³-hybridized carbons (Fsp3) is 0.280. The Labute approximate surface area is 211 Å². The molecular weight excluding hydrogens is 507 g/mol. The maximum Gasteiger partial charge on any atom is 0.417 e. The molecule has 0 spiro atoms. The van der Waals surface area contributed by atoms with Crippen LogP contribution in [0, 0.1) is 6.92 Å². The van der Waals surface area contributed by atoms with Crippen molar-refractivity contribution < 1.29 is 26.7 Å². The first kappa shape index (κ1) is 25.2. The highest BCUT2D eigenvalue weighted by molar-refractivity contribution is 7.89. The molecule has 2 atom stereocenters. The van der Waals surface area contributed by atoms with Gasteiger partial charge in [-0.3, -0.25) is 0 Å². The smallest absolute Gasteiger partial charge is 0.390 e. The van der Waals surface area contributed by atoms with Crippen LogP contribution in [0.5, 0.6) is 0 Å². The lowest BCUT2D eigenvalue weighted by atomic mass is 10.0. The number of aromatic amines is 1. The Kier molecular flexibility index (Phi) is 6.42. The van der Waals surface area contributed by atoms with Crippen LogP contribution >= 0.6 is 0 Å². The van der Waals surface area contributed by atoms with Gasteiger partial charge in [0.25, 0.3) is 0 Å². The van der Waals surface area contributed by atoms with Gasteiger partial charge in [-0.15, -0.1) is 0 Å². The topological polar surface area (TPSA) is 111 Å². The normalized spacial score (nSPS) is 19.3. The number of aliphatic hydroxyl groups excluding tert-OH is 1. The number of nitrogens with one attached hydrogen (secondary N) is 2. The number of fused-ring (bicyclic) bond motifs is 1. The van der Waals surface area contributed by atoms with E-state index in [2.05, 4.69) is 20.3 Å². The van der Waals surface area contributed by atoms with E-state index in [9.17, 15) is 26.7 Å². The number of hydrogen-bond donors (Lipinski definition) is 3. The number of rotatable bonds is 5. The number of anilines is 1. The third-order valence-electron chi connectivity index (χ3n) is 6.63. The first-order chi connectivity index (χ1) is 17.5. The summed E-state index contributed by atoms with van der Waals surface area (Å²) in [7, 11) is -3.86. The number of halogens is 3. The van der Waals surface area contributed by atoms with Crippen LogP contribution in [-0.2, 0) is 16.2 Å². The number of aliphatic hydroxyl groups is 1. The quantitative estimate of drug-likeness (QED) is 0.356. The molecule has 0 saturated carbocycles. The van der Waals surface area contributed by atoms with E-state index in [0.29, 0.717) is 6.20 Å². The van der Waals surface area contributed by atoms with Gasteiger partial charge >= 0.3 is 6.18 Å². The molecule has 8 nitrogen and oxygen atoms in total. The molecule has 3 aromatic heterocycles. The van der Waals surface area contributed by atoms with Gasteiger partial charge < -0.3 is 15.4 Å². The Balaban J connectivity index is 1.27. The molecule has 1 aromatic carbocycles. The Morgan fingerprint density at radius 1 is 1.08 bits per heavy atom. The fourth-order valence-electron chi connectivity index (χ4n) is 4.51. The summed E-state index contributed by atoms with van der Waals surface area (Å²) < 4.78 is 65.9. The van der Waals surface area contributed by atoms with Gasteiger partial charge in [-0.2, -0.15) is 17.5 Å². The summed E-state index contributed by atoms with van der Waals surface area (Å²) in [6.07, 6.45) is -1.04. The van der Waals surface area contributed by atoms with E-state index in [-0.39, 0.29) is 30.2 Å². The number of alkyl halides is 3. The molecule has 1 aliphatic heterocycles. The Morgan fingerprint density at radius 3 is 2.49 bits per heavy atom. The van der Waals surface area contributed by atoms with Crippen LogP contribution in [0.25, 0.3) is 22.2 Å². The standard InChI is InChI=1S/C25H24F3N5O3S/c1-15-19-8-10-29-24(19)31-13-20(15)16-2-5-18(6-3-16)37(35,36)33-11-9-21(22(34)14-33)32-23-7-4-17(12-30-23)25(26,27)28/h2-8,10,12-13,21-22,34H,9,11,14H2,1H3,(H,29,31)(H,30,32)/t21-,22+/m1/s1. The van der Waals surface area contributed by atoms with Crippen molar-refractivity contribution in [3.05, 3.63) is 72.2 Å². The zero-order valence-corrected chi connectivity index (χ0v) is 20.5.